The number of aromatic nitrogens is 5. The number of alkyl halides is 3. The van der Waals surface area contributed by atoms with Gasteiger partial charge >= 0.3 is 6.18 Å². The monoisotopic (exact) mass is 475 g/mol. The first kappa shape index (κ1) is 22.3. The molecule has 5 nitrogen and oxygen atoms in total. The van der Waals surface area contributed by atoms with E-state index < -0.39 is 11.7 Å². The Morgan fingerprint density at radius 3 is 2.47 bits per heavy atom. The van der Waals surface area contributed by atoms with Gasteiger partial charge in [0.2, 0.25) is 5.16 Å². The Kier molecular flexibility index (Phi) is 6.21. The zero-order chi connectivity index (χ0) is 22.9. The third-order valence-corrected chi connectivity index (χ3v) is 5.90. The SMILES string of the molecule is CC(C)c1ccc(/C=C\c2ccnc3nc(Sc4ncc(C(F)(F)F)cc4Cl)nn23)cc1. The van der Waals surface area contributed by atoms with Crippen molar-refractivity contribution in [3.05, 3.63) is 76.2 Å². The second-order valence-corrected chi connectivity index (χ2v) is 8.60. The second-order valence-electron chi connectivity index (χ2n) is 7.24. The molecule has 0 radical (unpaired) electrons. The normalized spacial score (nSPS) is 12.3. The molecule has 3 heterocycles. The molecule has 0 spiro atoms. The molecule has 32 heavy (non-hydrogen) atoms. The first-order valence-corrected chi connectivity index (χ1v) is 10.8. The van der Waals surface area contributed by atoms with Crippen molar-refractivity contribution in [2.75, 3.05) is 0 Å². The van der Waals surface area contributed by atoms with Gasteiger partial charge in [-0.05, 0) is 47.0 Å². The Labute approximate surface area is 191 Å². The molecule has 0 aliphatic heterocycles. The van der Waals surface area contributed by atoms with Crippen LogP contribution in [0, 0.1) is 0 Å². The van der Waals surface area contributed by atoms with E-state index in [-0.39, 0.29) is 15.2 Å². The van der Waals surface area contributed by atoms with Crippen LogP contribution in [-0.4, -0.2) is 24.6 Å². The quantitative estimate of drug-likeness (QED) is 0.324. The highest BCUT2D eigenvalue weighted by Gasteiger charge is 2.31. The number of rotatable bonds is 5. The lowest BCUT2D eigenvalue weighted by Gasteiger charge is -2.07. The smallest absolute Gasteiger partial charge is 0.247 e. The van der Waals surface area contributed by atoms with E-state index in [2.05, 4.69) is 46.0 Å². The lowest BCUT2D eigenvalue weighted by Crippen LogP contribution is -2.05. The fraction of sp³-hybridized carbons (Fsp3) is 0.182. The molecule has 0 fully saturated rings. The van der Waals surface area contributed by atoms with Gasteiger partial charge in [0.25, 0.3) is 5.78 Å². The van der Waals surface area contributed by atoms with Gasteiger partial charge in [-0.2, -0.15) is 22.7 Å². The minimum absolute atomic E-state index is 0.124. The van der Waals surface area contributed by atoms with Gasteiger partial charge in [0.05, 0.1) is 16.3 Å². The summed E-state index contributed by atoms with van der Waals surface area (Å²) in [6.45, 7) is 4.29. The maximum Gasteiger partial charge on any atom is 0.417 e. The molecule has 3 aromatic heterocycles. The lowest BCUT2D eigenvalue weighted by molar-refractivity contribution is -0.137. The highest BCUT2D eigenvalue weighted by Crippen LogP contribution is 2.35. The molecule has 0 unspecified atom stereocenters. The first-order valence-electron chi connectivity index (χ1n) is 9.61. The molecule has 164 valence electrons. The van der Waals surface area contributed by atoms with E-state index >= 15 is 0 Å². The van der Waals surface area contributed by atoms with E-state index in [1.165, 1.54) is 5.56 Å². The van der Waals surface area contributed by atoms with Crippen LogP contribution in [0.15, 0.2) is 59.0 Å². The maximum absolute atomic E-state index is 12.8. The number of hydrogen-bond donors (Lipinski definition) is 0. The van der Waals surface area contributed by atoms with Crippen LogP contribution in [0.2, 0.25) is 5.02 Å². The molecule has 4 aromatic rings. The predicted octanol–water partition coefficient (Wildman–Crippen LogP) is 6.64. The zero-order valence-corrected chi connectivity index (χ0v) is 18.6. The van der Waals surface area contributed by atoms with Crippen LogP contribution in [0.1, 0.15) is 42.1 Å². The zero-order valence-electron chi connectivity index (χ0n) is 17.0. The van der Waals surface area contributed by atoms with Gasteiger partial charge in [-0.25, -0.2) is 9.97 Å². The fourth-order valence-corrected chi connectivity index (χ4v) is 3.84. The summed E-state index contributed by atoms with van der Waals surface area (Å²) in [5, 5.41) is 4.73. The van der Waals surface area contributed by atoms with Crippen molar-refractivity contribution in [3.8, 4) is 0 Å². The lowest BCUT2D eigenvalue weighted by atomic mass is 10.0. The van der Waals surface area contributed by atoms with Crippen molar-refractivity contribution < 1.29 is 13.2 Å². The largest absolute Gasteiger partial charge is 0.417 e. The van der Waals surface area contributed by atoms with Crippen molar-refractivity contribution >= 4 is 41.3 Å². The van der Waals surface area contributed by atoms with E-state index in [9.17, 15) is 13.2 Å². The van der Waals surface area contributed by atoms with Crippen molar-refractivity contribution in [2.24, 2.45) is 0 Å². The Morgan fingerprint density at radius 2 is 1.81 bits per heavy atom. The molecule has 10 heteroatoms. The standard InChI is InChI=1S/C22H17ClF3N5S/c1-13(2)15-6-3-14(4-7-15)5-8-17-9-10-27-20-29-21(30-31(17)20)32-19-18(23)11-16(12-28-19)22(24,25)26/h3-13H,1-2H3/b8-5-. The molecule has 0 aliphatic carbocycles. The highest BCUT2D eigenvalue weighted by molar-refractivity contribution is 7.99. The Balaban J connectivity index is 1.58. The van der Waals surface area contributed by atoms with E-state index in [0.717, 1.165) is 35.3 Å². The van der Waals surface area contributed by atoms with Gasteiger partial charge in [0.15, 0.2) is 0 Å². The predicted molar refractivity (Wildman–Crippen MR) is 119 cm³/mol. The molecule has 0 atom stereocenters. The molecular weight excluding hydrogens is 459 g/mol. The molecule has 4 rings (SSSR count). The van der Waals surface area contributed by atoms with Crippen molar-refractivity contribution in [1.29, 1.82) is 0 Å². The van der Waals surface area contributed by atoms with Gasteiger partial charge in [0, 0.05) is 12.4 Å². The van der Waals surface area contributed by atoms with E-state index in [0.29, 0.717) is 11.7 Å². The van der Waals surface area contributed by atoms with Crippen molar-refractivity contribution in [2.45, 2.75) is 36.1 Å². The molecule has 1 aromatic carbocycles. The van der Waals surface area contributed by atoms with Gasteiger partial charge in [-0.1, -0.05) is 55.8 Å². The minimum atomic E-state index is -4.51. The summed E-state index contributed by atoms with van der Waals surface area (Å²) in [5.41, 5.74) is 2.14. The second kappa shape index (κ2) is 8.91. The van der Waals surface area contributed by atoms with Crippen molar-refractivity contribution in [1.82, 2.24) is 24.6 Å². The summed E-state index contributed by atoms with van der Waals surface area (Å²) in [6, 6.07) is 10.9. The van der Waals surface area contributed by atoms with E-state index in [4.69, 9.17) is 11.6 Å². The van der Waals surface area contributed by atoms with Gasteiger partial charge < -0.3 is 0 Å². The van der Waals surface area contributed by atoms with Crippen LogP contribution in [0.5, 0.6) is 0 Å². The van der Waals surface area contributed by atoms with Crippen LogP contribution in [0.3, 0.4) is 0 Å². The maximum atomic E-state index is 12.8. The van der Waals surface area contributed by atoms with Crippen LogP contribution < -0.4 is 0 Å². The number of fused-ring (bicyclic) bond motifs is 1. The fourth-order valence-electron chi connectivity index (χ4n) is 2.88. The summed E-state index contributed by atoms with van der Waals surface area (Å²) in [6.07, 6.45) is 1.69. The summed E-state index contributed by atoms with van der Waals surface area (Å²) in [4.78, 5) is 12.3. The Hall–Kier alpha value is -2.91. The number of nitrogens with zero attached hydrogens (tertiary/aromatic N) is 5. The minimum Gasteiger partial charge on any atom is -0.247 e. The van der Waals surface area contributed by atoms with Crippen LogP contribution in [-0.2, 0) is 6.18 Å². The molecule has 0 N–H and O–H groups in total. The van der Waals surface area contributed by atoms with Crippen LogP contribution in [0.25, 0.3) is 17.9 Å². The number of halogens is 4. The topological polar surface area (TPSA) is 56.0 Å². The van der Waals surface area contributed by atoms with E-state index in [1.54, 1.807) is 16.8 Å². The Bertz CT molecular complexity index is 1280. The molecule has 0 saturated carbocycles. The summed E-state index contributed by atoms with van der Waals surface area (Å²) >= 11 is 6.96. The average Bonchev–Trinajstić information content (AvgIpc) is 3.16. The molecule has 0 bridgehead atoms. The van der Waals surface area contributed by atoms with Gasteiger partial charge in [-0.3, -0.25) is 0 Å². The summed E-state index contributed by atoms with van der Waals surface area (Å²) in [7, 11) is 0. The third kappa shape index (κ3) is 4.94. The highest BCUT2D eigenvalue weighted by atomic mass is 35.5. The van der Waals surface area contributed by atoms with Crippen LogP contribution in [0.4, 0.5) is 13.2 Å². The average molecular weight is 476 g/mol. The van der Waals surface area contributed by atoms with Gasteiger partial charge in [-0.15, -0.1) is 5.10 Å². The Morgan fingerprint density at radius 1 is 1.06 bits per heavy atom. The summed E-state index contributed by atoms with van der Waals surface area (Å²) in [5.74, 6) is 0.819. The van der Waals surface area contributed by atoms with E-state index in [1.807, 2.05) is 24.3 Å². The molecule has 0 saturated heterocycles. The number of benzene rings is 1. The molecule has 0 aliphatic rings. The molecule has 0 amide bonds. The first-order chi connectivity index (χ1) is 15.2. The number of pyridine rings is 1. The summed E-state index contributed by atoms with van der Waals surface area (Å²) < 4.78 is 40.0. The van der Waals surface area contributed by atoms with Crippen LogP contribution >= 0.6 is 23.4 Å². The third-order valence-electron chi connectivity index (χ3n) is 4.62. The van der Waals surface area contributed by atoms with Gasteiger partial charge in [0.1, 0.15) is 5.03 Å². The molecular formula is C22H17ClF3N5S. The van der Waals surface area contributed by atoms with Crippen molar-refractivity contribution in [3.63, 3.8) is 0 Å². The number of hydrogen-bond acceptors (Lipinski definition) is 5.